The molecule has 0 bridgehead atoms. The molecular formula is C7H14N3. The highest BCUT2D eigenvalue weighted by molar-refractivity contribution is 5.54. The number of nitrogens with zero attached hydrogens (tertiary/aromatic N) is 3. The van der Waals surface area contributed by atoms with Crippen LogP contribution < -0.4 is 5.32 Å². The minimum Gasteiger partial charge on any atom is -0.369 e. The number of aliphatic imine (C=N–C) groups is 1. The fourth-order valence-corrected chi connectivity index (χ4v) is 0.921. The van der Waals surface area contributed by atoms with E-state index in [0.29, 0.717) is 6.04 Å². The molecule has 3 heteroatoms. The number of hydrogen-bond acceptors (Lipinski definition) is 1. The van der Waals surface area contributed by atoms with Crippen LogP contribution in [-0.4, -0.2) is 44.5 Å². The lowest BCUT2D eigenvalue weighted by Gasteiger charge is -2.04. The molecule has 57 valence electrons. The summed E-state index contributed by atoms with van der Waals surface area (Å²) in [5.74, 6) is 0. The summed E-state index contributed by atoms with van der Waals surface area (Å²) >= 11 is 0. The van der Waals surface area contributed by atoms with Crippen molar-refractivity contribution in [3.05, 3.63) is 0 Å². The fourth-order valence-electron chi connectivity index (χ4n) is 0.921. The van der Waals surface area contributed by atoms with Crippen molar-refractivity contribution in [2.75, 3.05) is 27.2 Å². The normalized spacial score (nSPS) is 26.0. The third-order valence-corrected chi connectivity index (χ3v) is 1.47. The molecule has 0 aromatic heterocycles. The lowest BCUT2D eigenvalue weighted by Crippen LogP contribution is -2.13. The van der Waals surface area contributed by atoms with Gasteiger partial charge in [-0.15, -0.1) is 0 Å². The minimum absolute atomic E-state index is 0.461. The van der Waals surface area contributed by atoms with E-state index in [1.54, 1.807) is 0 Å². The second-order valence-electron chi connectivity index (χ2n) is 2.80. The van der Waals surface area contributed by atoms with E-state index < -0.39 is 0 Å². The van der Waals surface area contributed by atoms with Crippen molar-refractivity contribution in [3.8, 4) is 0 Å². The monoisotopic (exact) mass is 140 g/mol. The minimum atomic E-state index is 0.461. The van der Waals surface area contributed by atoms with Crippen LogP contribution in [0.2, 0.25) is 0 Å². The van der Waals surface area contributed by atoms with E-state index in [-0.39, 0.29) is 0 Å². The molecule has 1 unspecified atom stereocenters. The van der Waals surface area contributed by atoms with Gasteiger partial charge in [0.15, 0.2) is 0 Å². The molecule has 1 heterocycles. The summed E-state index contributed by atoms with van der Waals surface area (Å²) in [5, 5.41) is 4.21. The SMILES string of the molecule is CN(C)C=NC1CC[N]C1. The van der Waals surface area contributed by atoms with Crippen LogP contribution in [0.15, 0.2) is 4.99 Å². The molecule has 3 nitrogen and oxygen atoms in total. The quantitative estimate of drug-likeness (QED) is 0.391. The maximum absolute atomic E-state index is 4.33. The van der Waals surface area contributed by atoms with E-state index in [2.05, 4.69) is 10.3 Å². The van der Waals surface area contributed by atoms with Gasteiger partial charge < -0.3 is 4.90 Å². The van der Waals surface area contributed by atoms with Gasteiger partial charge in [-0.3, -0.25) is 4.99 Å². The molecule has 0 aliphatic carbocycles. The molecule has 1 rings (SSSR count). The van der Waals surface area contributed by atoms with E-state index in [1.165, 1.54) is 0 Å². The summed E-state index contributed by atoms with van der Waals surface area (Å²) in [4.78, 5) is 6.29. The average molecular weight is 140 g/mol. The molecule has 1 aliphatic rings. The second-order valence-corrected chi connectivity index (χ2v) is 2.80. The zero-order valence-electron chi connectivity index (χ0n) is 6.62. The van der Waals surface area contributed by atoms with E-state index in [9.17, 15) is 0 Å². The summed E-state index contributed by atoms with van der Waals surface area (Å²) < 4.78 is 0. The fraction of sp³-hybridized carbons (Fsp3) is 0.857. The molecule has 1 radical (unpaired) electrons. The van der Waals surface area contributed by atoms with Gasteiger partial charge in [0.2, 0.25) is 0 Å². The van der Waals surface area contributed by atoms with Gasteiger partial charge in [0.1, 0.15) is 0 Å². The van der Waals surface area contributed by atoms with Gasteiger partial charge >= 0.3 is 0 Å². The van der Waals surface area contributed by atoms with Crippen LogP contribution in [-0.2, 0) is 0 Å². The molecule has 1 aliphatic heterocycles. The van der Waals surface area contributed by atoms with Crippen LogP contribution in [0, 0.1) is 0 Å². The Kier molecular flexibility index (Phi) is 2.68. The first-order valence-corrected chi connectivity index (χ1v) is 3.62. The highest BCUT2D eigenvalue weighted by atomic mass is 15.1. The lowest BCUT2D eigenvalue weighted by molar-refractivity contribution is 0.625. The summed E-state index contributed by atoms with van der Waals surface area (Å²) in [6, 6.07) is 0.461. The third-order valence-electron chi connectivity index (χ3n) is 1.47. The van der Waals surface area contributed by atoms with Crippen molar-refractivity contribution in [1.29, 1.82) is 0 Å². The van der Waals surface area contributed by atoms with Gasteiger partial charge in [-0.25, -0.2) is 5.32 Å². The van der Waals surface area contributed by atoms with E-state index in [4.69, 9.17) is 0 Å². The van der Waals surface area contributed by atoms with Crippen LogP contribution in [0.1, 0.15) is 6.42 Å². The van der Waals surface area contributed by atoms with Gasteiger partial charge in [-0.05, 0) is 6.42 Å². The summed E-state index contributed by atoms with van der Waals surface area (Å²) in [6.07, 6.45) is 3.00. The molecule has 10 heavy (non-hydrogen) atoms. The first-order chi connectivity index (χ1) is 4.79. The molecule has 1 saturated heterocycles. The van der Waals surface area contributed by atoms with Gasteiger partial charge in [0.05, 0.1) is 12.4 Å². The molecular weight excluding hydrogens is 126 g/mol. The molecule has 0 amide bonds. The standard InChI is InChI=1S/C7H14N3/c1-10(2)6-9-7-3-4-8-5-7/h6-7H,3-5H2,1-2H3. The molecule has 0 saturated carbocycles. The first kappa shape index (κ1) is 7.54. The van der Waals surface area contributed by atoms with Crippen molar-refractivity contribution < 1.29 is 0 Å². The molecule has 0 N–H and O–H groups in total. The average Bonchev–Trinajstić information content (AvgIpc) is 2.34. The Bertz CT molecular complexity index is 114. The van der Waals surface area contributed by atoms with Gasteiger partial charge in [-0.2, -0.15) is 0 Å². The van der Waals surface area contributed by atoms with Gasteiger partial charge in [0, 0.05) is 27.2 Å². The van der Waals surface area contributed by atoms with Crippen molar-refractivity contribution >= 4 is 6.34 Å². The van der Waals surface area contributed by atoms with Crippen molar-refractivity contribution in [1.82, 2.24) is 10.2 Å². The van der Waals surface area contributed by atoms with E-state index >= 15 is 0 Å². The van der Waals surface area contributed by atoms with Crippen molar-refractivity contribution in [3.63, 3.8) is 0 Å². The highest BCUT2D eigenvalue weighted by Crippen LogP contribution is 2.02. The second kappa shape index (κ2) is 3.56. The van der Waals surface area contributed by atoms with E-state index in [0.717, 1.165) is 19.5 Å². The predicted molar refractivity (Wildman–Crippen MR) is 42.5 cm³/mol. The van der Waals surface area contributed by atoms with Gasteiger partial charge in [0.25, 0.3) is 0 Å². The third kappa shape index (κ3) is 2.35. The van der Waals surface area contributed by atoms with Crippen LogP contribution >= 0.6 is 0 Å². The Morgan fingerprint density at radius 1 is 1.60 bits per heavy atom. The maximum atomic E-state index is 4.33. The smallest absolute Gasteiger partial charge is 0.0848 e. The highest BCUT2D eigenvalue weighted by Gasteiger charge is 2.12. The Morgan fingerprint density at radius 2 is 2.40 bits per heavy atom. The van der Waals surface area contributed by atoms with Crippen LogP contribution in [0.4, 0.5) is 0 Å². The molecule has 0 spiro atoms. The summed E-state index contributed by atoms with van der Waals surface area (Å²) in [6.45, 7) is 1.92. The zero-order valence-corrected chi connectivity index (χ0v) is 6.62. The number of rotatable bonds is 2. The summed E-state index contributed by atoms with van der Waals surface area (Å²) in [7, 11) is 3.96. The van der Waals surface area contributed by atoms with Gasteiger partial charge in [-0.1, -0.05) is 0 Å². The maximum Gasteiger partial charge on any atom is 0.0848 e. The van der Waals surface area contributed by atoms with Crippen molar-refractivity contribution in [2.24, 2.45) is 4.99 Å². The molecule has 0 aromatic rings. The zero-order chi connectivity index (χ0) is 7.40. The van der Waals surface area contributed by atoms with Crippen molar-refractivity contribution in [2.45, 2.75) is 12.5 Å². The van der Waals surface area contributed by atoms with E-state index in [1.807, 2.05) is 25.3 Å². The summed E-state index contributed by atoms with van der Waals surface area (Å²) in [5.41, 5.74) is 0. The Labute approximate surface area is 62.1 Å². The van der Waals surface area contributed by atoms with Crippen LogP contribution in [0.5, 0.6) is 0 Å². The predicted octanol–water partition coefficient (Wildman–Crippen LogP) is -0.0470. The van der Waals surface area contributed by atoms with Crippen LogP contribution in [0.25, 0.3) is 0 Å². The Balaban J connectivity index is 2.23. The number of hydrogen-bond donors (Lipinski definition) is 0. The Morgan fingerprint density at radius 3 is 2.90 bits per heavy atom. The molecule has 1 fully saturated rings. The van der Waals surface area contributed by atoms with Crippen LogP contribution in [0.3, 0.4) is 0 Å². The molecule has 1 atom stereocenters. The largest absolute Gasteiger partial charge is 0.369 e. The topological polar surface area (TPSA) is 29.7 Å². The Hall–Kier alpha value is -0.570. The first-order valence-electron chi connectivity index (χ1n) is 3.62. The lowest BCUT2D eigenvalue weighted by atomic mass is 10.3. The molecule has 0 aromatic carbocycles.